The van der Waals surface area contributed by atoms with Crippen LogP contribution in [0.5, 0.6) is 11.5 Å². The molecule has 2 aliphatic rings. The van der Waals surface area contributed by atoms with E-state index in [2.05, 4.69) is 18.7 Å². The third kappa shape index (κ3) is 6.00. The predicted octanol–water partition coefficient (Wildman–Crippen LogP) is 8.76. The highest BCUT2D eigenvalue weighted by Gasteiger charge is 2.74. The summed E-state index contributed by atoms with van der Waals surface area (Å²) in [5, 5.41) is 31.7. The van der Waals surface area contributed by atoms with Crippen LogP contribution in [0, 0.1) is 28.1 Å². The molecule has 0 aliphatic heterocycles. The van der Waals surface area contributed by atoms with E-state index in [1.807, 2.05) is 68.4 Å². The monoisotopic (exact) mass is 602 g/mol. The molecule has 2 fully saturated rings. The van der Waals surface area contributed by atoms with Crippen molar-refractivity contribution in [2.75, 3.05) is 0 Å². The molecule has 0 radical (unpaired) electrons. The van der Waals surface area contributed by atoms with Gasteiger partial charge in [-0.15, -0.1) is 0 Å². The van der Waals surface area contributed by atoms with Crippen molar-refractivity contribution in [3.63, 3.8) is 0 Å². The predicted molar refractivity (Wildman–Crippen MR) is 176 cm³/mol. The van der Waals surface area contributed by atoms with E-state index in [0.717, 1.165) is 28.4 Å². The Morgan fingerprint density at radius 2 is 1.50 bits per heavy atom. The van der Waals surface area contributed by atoms with E-state index in [1.165, 1.54) is 12.1 Å². The van der Waals surface area contributed by atoms with Crippen LogP contribution in [0.4, 0.5) is 0 Å². The normalized spacial score (nSPS) is 26.0. The first kappa shape index (κ1) is 34.8. The second-order valence-corrected chi connectivity index (χ2v) is 14.3. The summed E-state index contributed by atoms with van der Waals surface area (Å²) in [5.74, 6) is -3.61. The number of hydrogen-bond donors (Lipinski definition) is 3. The lowest BCUT2D eigenvalue weighted by molar-refractivity contribution is -0.177. The van der Waals surface area contributed by atoms with E-state index in [4.69, 9.17) is 0 Å². The molecule has 4 unspecified atom stereocenters. The van der Waals surface area contributed by atoms with Crippen molar-refractivity contribution >= 4 is 23.1 Å². The third-order valence-electron chi connectivity index (χ3n) is 10.0. The maximum absolute atomic E-state index is 15.2. The molecule has 44 heavy (non-hydrogen) atoms. The van der Waals surface area contributed by atoms with Crippen molar-refractivity contribution in [1.82, 2.24) is 0 Å². The lowest BCUT2D eigenvalue weighted by atomic mass is 9.38. The Kier molecular flexibility index (Phi) is 10.1. The number of benzene rings is 1. The SMILES string of the molecule is C=C(C)C(CC=C(C)C)CC12CC(CC=C(C)C)C(C)(C)C(CC=C(C)C)(C(=O)/C(=C(/O)c3ccc(O)c(O)c3)C1=O)C2=O. The zero-order valence-corrected chi connectivity index (χ0v) is 27.9. The van der Waals surface area contributed by atoms with Gasteiger partial charge in [0, 0.05) is 5.56 Å². The van der Waals surface area contributed by atoms with Gasteiger partial charge in [0.15, 0.2) is 28.8 Å². The van der Waals surface area contributed by atoms with Crippen molar-refractivity contribution in [2.24, 2.45) is 28.1 Å². The standard InChI is InChI=1S/C38H50O6/c1-22(2)11-13-27(25(7)8)20-37-21-28(15-12-23(3)4)36(9,10)38(35(37)44,18-17-24(5)6)34(43)31(33(37)42)32(41)26-14-16-29(39)30(40)19-26/h11-12,14,16-17,19,27-28,39-41H,7,13,15,18,20-21H2,1-6,8-10H3/b32-31+. The number of carbonyl (C=O) groups excluding carboxylic acids is 3. The van der Waals surface area contributed by atoms with Gasteiger partial charge in [-0.05, 0) is 116 Å². The molecule has 0 aromatic heterocycles. The number of ketones is 3. The van der Waals surface area contributed by atoms with Crippen molar-refractivity contribution in [3.8, 4) is 11.5 Å². The van der Waals surface area contributed by atoms with E-state index in [-0.39, 0.29) is 42.4 Å². The summed E-state index contributed by atoms with van der Waals surface area (Å²) < 4.78 is 0. The molecular formula is C38H50O6. The van der Waals surface area contributed by atoms with Gasteiger partial charge in [-0.2, -0.15) is 0 Å². The number of carbonyl (C=O) groups is 3. The number of aliphatic hydroxyl groups excluding tert-OH is 1. The Balaban J connectivity index is 2.47. The summed E-state index contributed by atoms with van der Waals surface area (Å²) in [6.07, 6.45) is 7.79. The van der Waals surface area contributed by atoms with Gasteiger partial charge < -0.3 is 15.3 Å². The van der Waals surface area contributed by atoms with Crippen LogP contribution in [0.1, 0.15) is 100.0 Å². The average molecular weight is 603 g/mol. The van der Waals surface area contributed by atoms with Crippen molar-refractivity contribution in [3.05, 3.63) is 76.4 Å². The summed E-state index contributed by atoms with van der Waals surface area (Å²) in [6, 6.07) is 3.65. The molecule has 0 amide bonds. The van der Waals surface area contributed by atoms with Crippen LogP contribution in [0.15, 0.2) is 70.9 Å². The lowest BCUT2D eigenvalue weighted by Crippen LogP contribution is -2.69. The molecule has 2 aliphatic carbocycles. The minimum Gasteiger partial charge on any atom is -0.506 e. The van der Waals surface area contributed by atoms with Gasteiger partial charge in [-0.3, -0.25) is 14.4 Å². The molecule has 2 saturated carbocycles. The van der Waals surface area contributed by atoms with Crippen LogP contribution in [-0.2, 0) is 14.4 Å². The molecule has 3 N–H and O–H groups in total. The van der Waals surface area contributed by atoms with Crippen LogP contribution < -0.4 is 0 Å². The van der Waals surface area contributed by atoms with Crippen LogP contribution in [0.2, 0.25) is 0 Å². The van der Waals surface area contributed by atoms with Crippen molar-refractivity contribution in [1.29, 1.82) is 0 Å². The Morgan fingerprint density at radius 3 is 2.02 bits per heavy atom. The molecule has 0 saturated heterocycles. The number of rotatable bonds is 10. The van der Waals surface area contributed by atoms with Crippen LogP contribution in [-0.4, -0.2) is 32.7 Å². The van der Waals surface area contributed by atoms with Gasteiger partial charge in [-0.25, -0.2) is 0 Å². The number of fused-ring (bicyclic) bond motifs is 2. The summed E-state index contributed by atoms with van der Waals surface area (Å²) in [4.78, 5) is 44.9. The zero-order chi connectivity index (χ0) is 33.4. The summed E-state index contributed by atoms with van der Waals surface area (Å²) >= 11 is 0. The van der Waals surface area contributed by atoms with Crippen molar-refractivity contribution < 1.29 is 29.7 Å². The van der Waals surface area contributed by atoms with Crippen molar-refractivity contribution in [2.45, 2.75) is 94.4 Å². The quantitative estimate of drug-likeness (QED) is 0.0616. The highest BCUT2D eigenvalue weighted by atomic mass is 16.3. The number of Topliss-reactive ketones (excluding diaryl/α,β-unsaturated/α-hetero) is 3. The van der Waals surface area contributed by atoms with Crippen LogP contribution >= 0.6 is 0 Å². The summed E-state index contributed by atoms with van der Waals surface area (Å²) in [5.41, 5.74) is -0.453. The molecule has 6 nitrogen and oxygen atoms in total. The van der Waals surface area contributed by atoms with Gasteiger partial charge in [0.2, 0.25) is 0 Å². The van der Waals surface area contributed by atoms with E-state index in [9.17, 15) is 24.9 Å². The maximum atomic E-state index is 15.2. The molecule has 0 heterocycles. The molecule has 4 atom stereocenters. The molecule has 2 bridgehead atoms. The summed E-state index contributed by atoms with van der Waals surface area (Å²) in [6.45, 7) is 21.9. The smallest absolute Gasteiger partial charge is 0.184 e. The Morgan fingerprint density at radius 1 is 0.909 bits per heavy atom. The zero-order valence-electron chi connectivity index (χ0n) is 27.9. The fraction of sp³-hybridized carbons (Fsp3) is 0.500. The molecule has 3 rings (SSSR count). The van der Waals surface area contributed by atoms with E-state index in [0.29, 0.717) is 12.8 Å². The first-order valence-electron chi connectivity index (χ1n) is 15.5. The second-order valence-electron chi connectivity index (χ2n) is 14.3. The minimum atomic E-state index is -1.62. The van der Waals surface area contributed by atoms with Gasteiger partial charge in [0.25, 0.3) is 0 Å². The Labute approximate surface area is 263 Å². The molecule has 1 aromatic rings. The average Bonchev–Trinajstić information content (AvgIpc) is 2.91. The van der Waals surface area contributed by atoms with Gasteiger partial charge in [-0.1, -0.05) is 60.9 Å². The highest BCUT2D eigenvalue weighted by molar-refractivity contribution is 6.41. The van der Waals surface area contributed by atoms with Gasteiger partial charge >= 0.3 is 0 Å². The first-order valence-corrected chi connectivity index (χ1v) is 15.5. The van der Waals surface area contributed by atoms with Crippen LogP contribution in [0.3, 0.4) is 0 Å². The third-order valence-corrected chi connectivity index (χ3v) is 10.0. The Hall–Kier alpha value is -3.67. The fourth-order valence-electron chi connectivity index (χ4n) is 7.08. The topological polar surface area (TPSA) is 112 Å². The number of phenolic OH excluding ortho intramolecular Hbond substituents is 2. The maximum Gasteiger partial charge on any atom is 0.184 e. The van der Waals surface area contributed by atoms with E-state index >= 15 is 4.79 Å². The largest absolute Gasteiger partial charge is 0.506 e. The highest BCUT2D eigenvalue weighted by Crippen LogP contribution is 2.66. The number of allylic oxidation sites excluding steroid dienone is 8. The number of hydrogen-bond acceptors (Lipinski definition) is 6. The fourth-order valence-corrected chi connectivity index (χ4v) is 7.08. The second kappa shape index (κ2) is 12.7. The molecule has 0 spiro atoms. The van der Waals surface area contributed by atoms with E-state index in [1.54, 1.807) is 0 Å². The molecular weight excluding hydrogens is 552 g/mol. The number of aliphatic hydroxyl groups is 1. The number of phenols is 2. The molecule has 238 valence electrons. The van der Waals surface area contributed by atoms with Gasteiger partial charge in [0.1, 0.15) is 16.7 Å². The number of aromatic hydroxyl groups is 2. The van der Waals surface area contributed by atoms with Gasteiger partial charge in [0.05, 0.1) is 5.41 Å². The lowest BCUT2D eigenvalue weighted by Gasteiger charge is -2.60. The minimum absolute atomic E-state index is 0.0110. The van der Waals surface area contributed by atoms with Crippen LogP contribution in [0.25, 0.3) is 5.76 Å². The van der Waals surface area contributed by atoms with E-state index < -0.39 is 50.6 Å². The molecule has 6 heteroatoms. The summed E-state index contributed by atoms with van der Waals surface area (Å²) in [7, 11) is 0. The first-order chi connectivity index (χ1) is 20.3. The Bertz CT molecular complexity index is 1490. The molecule has 1 aromatic carbocycles.